The van der Waals surface area contributed by atoms with Crippen molar-refractivity contribution in [2.75, 3.05) is 56.0 Å². The van der Waals surface area contributed by atoms with Crippen LogP contribution in [0.4, 0.5) is 0 Å². The molecule has 1 fully saturated rings. The SMILES string of the molecule is CC[C@H](C)[C@@H]([C@@H](CC(=O)N1CCC[C@H]1[C@H](OC)[C@@H](C)C(=O)C[C@H](C)Cc1ccccc1)OC)N(C)C(=O)[C@@H](N=C(N(C)C)N(C)C)C(C)C. The molecule has 1 saturated heterocycles. The molecule has 2 rings (SSSR count). The van der Waals surface area contributed by atoms with Gasteiger partial charge in [-0.2, -0.15) is 0 Å². The number of guanidine groups is 1. The van der Waals surface area contributed by atoms with Gasteiger partial charge >= 0.3 is 0 Å². The number of ether oxygens (including phenoxy) is 2. The van der Waals surface area contributed by atoms with E-state index in [-0.39, 0.29) is 59.8 Å². The maximum atomic E-state index is 14.2. The summed E-state index contributed by atoms with van der Waals surface area (Å²) < 4.78 is 12.1. The van der Waals surface area contributed by atoms with Crippen LogP contribution in [-0.2, 0) is 30.3 Å². The predicted octanol–water partition coefficient (Wildman–Crippen LogP) is 5.25. The van der Waals surface area contributed by atoms with E-state index in [0.29, 0.717) is 18.9 Å². The molecule has 0 radical (unpaired) electrons. The summed E-state index contributed by atoms with van der Waals surface area (Å²) in [5.41, 5.74) is 1.22. The number of amides is 2. The third kappa shape index (κ3) is 11.5. The van der Waals surface area contributed by atoms with E-state index >= 15 is 0 Å². The van der Waals surface area contributed by atoms with Gasteiger partial charge in [-0.05, 0) is 42.6 Å². The second-order valence-corrected chi connectivity index (χ2v) is 15.0. The van der Waals surface area contributed by atoms with Gasteiger partial charge in [0.2, 0.25) is 11.8 Å². The van der Waals surface area contributed by atoms with Crippen LogP contribution in [0.25, 0.3) is 0 Å². The van der Waals surface area contributed by atoms with Crippen LogP contribution in [0.3, 0.4) is 0 Å². The third-order valence-electron chi connectivity index (χ3n) is 10.3. The molecule has 1 aromatic carbocycles. The van der Waals surface area contributed by atoms with E-state index in [4.69, 9.17) is 14.5 Å². The molecule has 0 N–H and O–H groups in total. The van der Waals surface area contributed by atoms with E-state index in [9.17, 15) is 14.4 Å². The topological polar surface area (TPSA) is 95.0 Å². The van der Waals surface area contributed by atoms with E-state index < -0.39 is 18.2 Å². The molecular weight excluding hydrogens is 618 g/mol. The van der Waals surface area contributed by atoms with Crippen LogP contribution in [0.15, 0.2) is 35.3 Å². The quantitative estimate of drug-likeness (QED) is 0.154. The Morgan fingerprint density at radius 2 is 1.53 bits per heavy atom. The van der Waals surface area contributed by atoms with E-state index in [1.54, 1.807) is 19.1 Å². The fourth-order valence-corrected chi connectivity index (χ4v) is 7.41. The number of likely N-dealkylation sites (tertiary alicyclic amines) is 1. The first kappa shape index (κ1) is 42.2. The Hall–Kier alpha value is -2.98. The van der Waals surface area contributed by atoms with Gasteiger partial charge in [-0.15, -0.1) is 0 Å². The van der Waals surface area contributed by atoms with Crippen LogP contribution in [0, 0.1) is 23.7 Å². The maximum absolute atomic E-state index is 14.2. The monoisotopic (exact) mass is 686 g/mol. The van der Waals surface area contributed by atoms with Gasteiger partial charge in [0, 0.05) is 68.3 Å². The summed E-state index contributed by atoms with van der Waals surface area (Å²) in [6.07, 6.45) is 2.96. The lowest BCUT2D eigenvalue weighted by Crippen LogP contribution is -2.55. The third-order valence-corrected chi connectivity index (χ3v) is 10.3. The van der Waals surface area contributed by atoms with Crippen molar-refractivity contribution in [3.05, 3.63) is 35.9 Å². The van der Waals surface area contributed by atoms with Crippen molar-refractivity contribution in [1.29, 1.82) is 0 Å². The Kier molecular flexibility index (Phi) is 17.2. The van der Waals surface area contributed by atoms with Crippen LogP contribution in [0.1, 0.15) is 79.2 Å². The highest BCUT2D eigenvalue weighted by Crippen LogP contribution is 2.31. The van der Waals surface area contributed by atoms with Gasteiger partial charge in [-0.25, -0.2) is 4.99 Å². The van der Waals surface area contributed by atoms with E-state index in [1.807, 2.05) is 88.9 Å². The van der Waals surface area contributed by atoms with Crippen LogP contribution in [0.2, 0.25) is 0 Å². The predicted molar refractivity (Wildman–Crippen MR) is 198 cm³/mol. The fraction of sp³-hybridized carbons (Fsp3) is 0.744. The molecule has 0 bridgehead atoms. The molecule has 0 spiro atoms. The summed E-state index contributed by atoms with van der Waals surface area (Å²) in [5, 5.41) is 0. The molecule has 8 atom stereocenters. The van der Waals surface area contributed by atoms with Gasteiger partial charge in [-0.3, -0.25) is 14.4 Å². The summed E-state index contributed by atoms with van der Waals surface area (Å²) in [6.45, 7) is 12.9. The summed E-state index contributed by atoms with van der Waals surface area (Å²) in [7, 11) is 12.8. The van der Waals surface area contributed by atoms with Crippen molar-refractivity contribution in [3.8, 4) is 0 Å². The molecule has 49 heavy (non-hydrogen) atoms. The van der Waals surface area contributed by atoms with Gasteiger partial charge in [0.15, 0.2) is 5.96 Å². The smallest absolute Gasteiger partial charge is 0.247 e. The first-order valence-corrected chi connectivity index (χ1v) is 18.2. The van der Waals surface area contributed by atoms with E-state index in [0.717, 1.165) is 25.7 Å². The van der Waals surface area contributed by atoms with Crippen LogP contribution in [0.5, 0.6) is 0 Å². The zero-order valence-corrected chi connectivity index (χ0v) is 32.8. The lowest BCUT2D eigenvalue weighted by atomic mass is 9.86. The second-order valence-electron chi connectivity index (χ2n) is 15.0. The van der Waals surface area contributed by atoms with Gasteiger partial charge in [0.05, 0.1) is 30.7 Å². The molecule has 1 aliphatic rings. The molecule has 0 saturated carbocycles. The molecule has 2 amide bonds. The Morgan fingerprint density at radius 3 is 2.04 bits per heavy atom. The molecule has 1 aliphatic heterocycles. The fourth-order valence-electron chi connectivity index (χ4n) is 7.41. The zero-order chi connectivity index (χ0) is 37.0. The van der Waals surface area contributed by atoms with Crippen molar-refractivity contribution in [3.63, 3.8) is 0 Å². The summed E-state index contributed by atoms with van der Waals surface area (Å²) in [5.74, 6) is 0.635. The number of rotatable bonds is 18. The minimum absolute atomic E-state index is 0.0348. The molecule has 10 heteroatoms. The summed E-state index contributed by atoms with van der Waals surface area (Å²) >= 11 is 0. The van der Waals surface area contributed by atoms with Crippen LogP contribution >= 0.6 is 0 Å². The number of aliphatic imine (C=N–C) groups is 1. The normalized spacial score (nSPS) is 19.0. The van der Waals surface area contributed by atoms with E-state index in [1.165, 1.54) is 5.56 Å². The number of carbonyl (C=O) groups excluding carboxylic acids is 3. The largest absolute Gasteiger partial charge is 0.379 e. The average molecular weight is 686 g/mol. The molecule has 0 aliphatic carbocycles. The Bertz CT molecular complexity index is 1200. The van der Waals surface area contributed by atoms with Gasteiger partial charge in [0.25, 0.3) is 0 Å². The minimum atomic E-state index is -0.593. The lowest BCUT2D eigenvalue weighted by molar-refractivity contribution is -0.146. The van der Waals surface area contributed by atoms with E-state index in [2.05, 4.69) is 32.9 Å². The molecule has 1 heterocycles. The van der Waals surface area contributed by atoms with Crippen LogP contribution in [-0.4, -0.2) is 129 Å². The van der Waals surface area contributed by atoms with Crippen molar-refractivity contribution >= 4 is 23.6 Å². The number of likely N-dealkylation sites (N-methyl/N-ethyl adjacent to an activating group) is 1. The lowest BCUT2D eigenvalue weighted by Gasteiger charge is -2.40. The molecule has 278 valence electrons. The van der Waals surface area contributed by atoms with Crippen molar-refractivity contribution in [2.45, 2.75) is 110 Å². The Labute approximate surface area is 297 Å². The number of methoxy groups -OCH3 is 2. The molecular formula is C39H67N5O5. The summed E-state index contributed by atoms with van der Waals surface area (Å²) in [4.78, 5) is 54.2. The van der Waals surface area contributed by atoms with Crippen LogP contribution < -0.4 is 0 Å². The highest BCUT2D eigenvalue weighted by Gasteiger charge is 2.42. The number of benzene rings is 1. The first-order valence-electron chi connectivity index (χ1n) is 18.2. The molecule has 0 aromatic heterocycles. The minimum Gasteiger partial charge on any atom is -0.379 e. The number of nitrogens with zero attached hydrogens (tertiary/aromatic N) is 5. The van der Waals surface area contributed by atoms with Crippen molar-refractivity contribution in [1.82, 2.24) is 19.6 Å². The molecule has 1 aromatic rings. The maximum Gasteiger partial charge on any atom is 0.247 e. The number of carbonyl (C=O) groups is 3. The zero-order valence-electron chi connectivity index (χ0n) is 32.8. The summed E-state index contributed by atoms with van der Waals surface area (Å²) in [6, 6.07) is 9.12. The van der Waals surface area contributed by atoms with Crippen molar-refractivity contribution < 1.29 is 23.9 Å². The van der Waals surface area contributed by atoms with Crippen molar-refractivity contribution in [2.24, 2.45) is 28.7 Å². The number of Topliss-reactive ketones (excluding diaryl/α,β-unsaturated/α-hetero) is 1. The molecule has 0 unspecified atom stereocenters. The van der Waals surface area contributed by atoms with Gasteiger partial charge < -0.3 is 29.1 Å². The highest BCUT2D eigenvalue weighted by molar-refractivity contribution is 5.87. The highest BCUT2D eigenvalue weighted by atomic mass is 16.5. The first-order chi connectivity index (χ1) is 23.1. The standard InChI is InChI=1S/C39H67N5O5/c1-14-28(5)36(43(11)38(47)35(26(2)3)40-39(41(7)8)42(9)10)33(48-12)25-34(46)44-22-18-21-31(44)37(49-13)29(6)32(45)24-27(4)23-30-19-16-15-17-20-30/h15-17,19-20,26-29,31,33,35-37H,14,18,21-25H2,1-13H3/t27-,28+,29+,31+,33-,35+,36+,37-/m1/s1. The second kappa shape index (κ2) is 20.0. The number of ketones is 1. The number of hydrogen-bond donors (Lipinski definition) is 0. The van der Waals surface area contributed by atoms with Gasteiger partial charge in [0.1, 0.15) is 11.8 Å². The van der Waals surface area contributed by atoms with Gasteiger partial charge in [-0.1, -0.05) is 78.3 Å². The Balaban J connectivity index is 2.26. The average Bonchev–Trinajstić information content (AvgIpc) is 3.54. The number of hydrogen-bond acceptors (Lipinski definition) is 6. The Morgan fingerprint density at radius 1 is 0.918 bits per heavy atom. The molecule has 10 nitrogen and oxygen atoms in total.